The maximum absolute atomic E-state index is 3.86. The molecule has 1 aromatic carbocycles. The van der Waals surface area contributed by atoms with E-state index in [4.69, 9.17) is 0 Å². The van der Waals surface area contributed by atoms with Crippen LogP contribution in [0.2, 0.25) is 0 Å². The first kappa shape index (κ1) is 15.4. The van der Waals surface area contributed by atoms with Crippen LogP contribution in [0.25, 0.3) is 6.08 Å². The summed E-state index contributed by atoms with van der Waals surface area (Å²) in [4.78, 5) is 4.74. The van der Waals surface area contributed by atoms with Crippen molar-refractivity contribution >= 4 is 6.08 Å². The molecule has 0 unspecified atom stereocenters. The van der Waals surface area contributed by atoms with E-state index in [1.807, 2.05) is 6.08 Å². The Kier molecular flexibility index (Phi) is 6.80. The topological polar surface area (TPSA) is 6.48 Å². The lowest BCUT2D eigenvalue weighted by atomic mass is 10.2. The number of hydrogen-bond acceptors (Lipinski definition) is 2. The Morgan fingerprint density at radius 1 is 1.00 bits per heavy atom. The van der Waals surface area contributed by atoms with E-state index in [-0.39, 0.29) is 0 Å². The summed E-state index contributed by atoms with van der Waals surface area (Å²) in [6.07, 6.45) is 4.23. The molecule has 0 aliphatic rings. The smallest absolute Gasteiger partial charge is 0.105 e. The summed E-state index contributed by atoms with van der Waals surface area (Å²) in [7, 11) is 0. The maximum Gasteiger partial charge on any atom is 0.105 e. The summed E-state index contributed by atoms with van der Waals surface area (Å²) in [5, 5.41) is 0. The minimum absolute atomic E-state index is 0.881. The van der Waals surface area contributed by atoms with Crippen LogP contribution >= 0.6 is 0 Å². The van der Waals surface area contributed by atoms with Gasteiger partial charge in [-0.2, -0.15) is 0 Å². The molecule has 0 atom stereocenters. The van der Waals surface area contributed by atoms with Gasteiger partial charge < -0.3 is 9.80 Å². The Bertz CT molecular complexity index is 391. The van der Waals surface area contributed by atoms with Crippen LogP contribution in [0.4, 0.5) is 0 Å². The van der Waals surface area contributed by atoms with Crippen LogP contribution in [-0.2, 0) is 0 Å². The molecule has 1 aromatic rings. The molecule has 19 heavy (non-hydrogen) atoms. The minimum Gasteiger partial charge on any atom is -0.359 e. The second kappa shape index (κ2) is 8.41. The molecule has 0 saturated heterocycles. The fourth-order valence-corrected chi connectivity index (χ4v) is 2.17. The van der Waals surface area contributed by atoms with Crippen molar-refractivity contribution in [3.63, 3.8) is 0 Å². The molecule has 0 heterocycles. The van der Waals surface area contributed by atoms with Crippen molar-refractivity contribution in [2.75, 3.05) is 26.2 Å². The van der Waals surface area contributed by atoms with Gasteiger partial charge in [0.15, 0.2) is 0 Å². The minimum atomic E-state index is 0.881. The zero-order valence-corrected chi connectivity index (χ0v) is 12.5. The van der Waals surface area contributed by atoms with Crippen molar-refractivity contribution in [2.24, 2.45) is 0 Å². The molecule has 104 valence electrons. The SMILES string of the molecule is C=CCN(CC)/C(=C/c1ccccc1)N(CC)CC. The molecule has 0 aliphatic heterocycles. The van der Waals surface area contributed by atoms with Crippen LogP contribution in [0.1, 0.15) is 26.3 Å². The Balaban J connectivity index is 3.10. The van der Waals surface area contributed by atoms with Gasteiger partial charge in [-0.05, 0) is 32.4 Å². The lowest BCUT2D eigenvalue weighted by Gasteiger charge is -2.34. The molecule has 0 N–H and O–H groups in total. The van der Waals surface area contributed by atoms with E-state index in [2.05, 4.69) is 73.6 Å². The summed E-state index contributed by atoms with van der Waals surface area (Å²) >= 11 is 0. The molecule has 2 heteroatoms. The number of likely N-dealkylation sites (N-methyl/N-ethyl adjacent to an activating group) is 1. The third kappa shape index (κ3) is 4.47. The van der Waals surface area contributed by atoms with E-state index in [0.29, 0.717) is 0 Å². The van der Waals surface area contributed by atoms with E-state index in [1.165, 1.54) is 11.4 Å². The van der Waals surface area contributed by atoms with Gasteiger partial charge in [0, 0.05) is 26.2 Å². The second-order valence-corrected chi connectivity index (χ2v) is 4.41. The first-order chi connectivity index (χ1) is 9.26. The summed E-state index contributed by atoms with van der Waals surface area (Å²) < 4.78 is 0. The predicted molar refractivity (Wildman–Crippen MR) is 84.8 cm³/mol. The number of rotatable bonds is 8. The van der Waals surface area contributed by atoms with Gasteiger partial charge in [0.1, 0.15) is 5.82 Å². The zero-order valence-electron chi connectivity index (χ0n) is 12.5. The molecule has 2 nitrogen and oxygen atoms in total. The molecular formula is C17H26N2. The van der Waals surface area contributed by atoms with Crippen LogP contribution in [0.15, 0.2) is 48.8 Å². The van der Waals surface area contributed by atoms with Gasteiger partial charge in [-0.25, -0.2) is 0 Å². The Labute approximate surface area is 118 Å². The Morgan fingerprint density at radius 3 is 2.05 bits per heavy atom. The van der Waals surface area contributed by atoms with Gasteiger partial charge in [-0.3, -0.25) is 0 Å². The molecule has 0 bridgehead atoms. The summed E-state index contributed by atoms with van der Waals surface area (Å²) in [6, 6.07) is 10.5. The van der Waals surface area contributed by atoms with Crippen LogP contribution < -0.4 is 0 Å². The molecule has 0 saturated carbocycles. The van der Waals surface area contributed by atoms with E-state index >= 15 is 0 Å². The molecule has 1 rings (SSSR count). The Morgan fingerprint density at radius 2 is 1.58 bits per heavy atom. The zero-order chi connectivity index (χ0) is 14.1. The normalized spacial score (nSPS) is 11.2. The van der Waals surface area contributed by atoms with Gasteiger partial charge in [-0.1, -0.05) is 36.4 Å². The van der Waals surface area contributed by atoms with Gasteiger partial charge in [-0.15, -0.1) is 6.58 Å². The van der Waals surface area contributed by atoms with Crippen molar-refractivity contribution in [2.45, 2.75) is 20.8 Å². The van der Waals surface area contributed by atoms with Crippen molar-refractivity contribution < 1.29 is 0 Å². The van der Waals surface area contributed by atoms with Crippen molar-refractivity contribution in [1.29, 1.82) is 0 Å². The summed E-state index contributed by atoms with van der Waals surface area (Å²) in [5.41, 5.74) is 1.24. The number of hydrogen-bond donors (Lipinski definition) is 0. The Hall–Kier alpha value is -1.70. The molecule has 0 aliphatic carbocycles. The van der Waals surface area contributed by atoms with Crippen LogP contribution in [0, 0.1) is 0 Å². The van der Waals surface area contributed by atoms with Gasteiger partial charge >= 0.3 is 0 Å². The van der Waals surface area contributed by atoms with Crippen LogP contribution in [0.5, 0.6) is 0 Å². The van der Waals surface area contributed by atoms with Gasteiger partial charge in [0.25, 0.3) is 0 Å². The first-order valence-electron chi connectivity index (χ1n) is 7.14. The van der Waals surface area contributed by atoms with E-state index in [0.717, 1.165) is 26.2 Å². The monoisotopic (exact) mass is 258 g/mol. The summed E-state index contributed by atoms with van der Waals surface area (Å²) in [5.74, 6) is 1.28. The van der Waals surface area contributed by atoms with E-state index in [1.54, 1.807) is 0 Å². The third-order valence-electron chi connectivity index (χ3n) is 3.24. The van der Waals surface area contributed by atoms with Crippen LogP contribution in [-0.4, -0.2) is 36.0 Å². The molecule has 0 amide bonds. The molecule has 0 spiro atoms. The lowest BCUT2D eigenvalue weighted by molar-refractivity contribution is 0.246. The number of nitrogens with zero attached hydrogens (tertiary/aromatic N) is 2. The van der Waals surface area contributed by atoms with Crippen molar-refractivity contribution in [1.82, 2.24) is 9.80 Å². The highest BCUT2D eigenvalue weighted by Gasteiger charge is 2.12. The van der Waals surface area contributed by atoms with E-state index in [9.17, 15) is 0 Å². The lowest BCUT2D eigenvalue weighted by Crippen LogP contribution is -2.35. The molecule has 0 aromatic heterocycles. The third-order valence-corrected chi connectivity index (χ3v) is 3.24. The second-order valence-electron chi connectivity index (χ2n) is 4.41. The molecule has 0 radical (unpaired) electrons. The highest BCUT2D eigenvalue weighted by molar-refractivity contribution is 5.51. The maximum atomic E-state index is 3.86. The fraction of sp³-hybridized carbons (Fsp3) is 0.412. The largest absolute Gasteiger partial charge is 0.359 e. The summed E-state index contributed by atoms with van der Waals surface area (Å²) in [6.45, 7) is 14.3. The average Bonchev–Trinajstić information content (AvgIpc) is 2.46. The highest BCUT2D eigenvalue weighted by atomic mass is 15.3. The average molecular weight is 258 g/mol. The van der Waals surface area contributed by atoms with Gasteiger partial charge in [0.05, 0.1) is 0 Å². The van der Waals surface area contributed by atoms with E-state index < -0.39 is 0 Å². The van der Waals surface area contributed by atoms with Gasteiger partial charge in [0.2, 0.25) is 0 Å². The standard InChI is InChI=1S/C17H26N2/c1-5-14-19(8-4)17(18(6-2)7-3)15-16-12-10-9-11-13-16/h5,9-13,15H,1,6-8,14H2,2-4H3/b17-15+. The molecule has 0 fully saturated rings. The van der Waals surface area contributed by atoms with Crippen molar-refractivity contribution in [3.8, 4) is 0 Å². The quantitative estimate of drug-likeness (QED) is 0.654. The molecular weight excluding hydrogens is 232 g/mol. The fourth-order valence-electron chi connectivity index (χ4n) is 2.17. The first-order valence-corrected chi connectivity index (χ1v) is 7.14. The van der Waals surface area contributed by atoms with Crippen LogP contribution in [0.3, 0.4) is 0 Å². The predicted octanol–water partition coefficient (Wildman–Crippen LogP) is 3.83. The number of benzene rings is 1. The highest BCUT2D eigenvalue weighted by Crippen LogP contribution is 2.15. The van der Waals surface area contributed by atoms with Crippen molar-refractivity contribution in [3.05, 3.63) is 54.4 Å².